The van der Waals surface area contributed by atoms with Crippen LogP contribution in [-0.2, 0) is 4.79 Å². The number of carbonyl (C=O) groups excluding carboxylic acids is 2. The number of hydrogen-bond donors (Lipinski definition) is 2. The van der Waals surface area contributed by atoms with E-state index >= 15 is 0 Å². The van der Waals surface area contributed by atoms with Gasteiger partial charge in [-0.05, 0) is 48.0 Å². The number of hydrogen-bond acceptors (Lipinski definition) is 2. The second-order valence-corrected chi connectivity index (χ2v) is 10.4. The molecule has 0 spiro atoms. The lowest BCUT2D eigenvalue weighted by Gasteiger charge is -2.11. The standard InChI is InChI=1S/C23H12Cl5F3N2O2/c24-13-3-2-11(8-12(13)21(34)33-17-4-1-10(29)7-16(17)30)32-22(35)19-18(23(19,27)28)9-5-14(25)20(31)15(26)6-9/h1-8,18-19H,(H,32,35)(H,33,34)/t18-,19-/m1/s1. The highest BCUT2D eigenvalue weighted by atomic mass is 35.5. The first-order chi connectivity index (χ1) is 16.4. The smallest absolute Gasteiger partial charge is 0.257 e. The van der Waals surface area contributed by atoms with Gasteiger partial charge in [-0.15, -0.1) is 23.2 Å². The first-order valence-corrected chi connectivity index (χ1v) is 11.7. The Morgan fingerprint density at radius 3 is 2.11 bits per heavy atom. The van der Waals surface area contributed by atoms with E-state index in [1.807, 2.05) is 0 Å². The summed E-state index contributed by atoms with van der Waals surface area (Å²) in [6.45, 7) is 0. The zero-order valence-electron chi connectivity index (χ0n) is 17.1. The fraction of sp³-hybridized carbons (Fsp3) is 0.130. The van der Waals surface area contributed by atoms with Crippen molar-refractivity contribution in [3.63, 3.8) is 0 Å². The predicted octanol–water partition coefficient (Wildman–Crippen LogP) is 7.84. The number of nitrogens with one attached hydrogen (secondary N) is 2. The van der Waals surface area contributed by atoms with Crippen LogP contribution in [0, 0.1) is 23.4 Å². The SMILES string of the molecule is O=C(Nc1ccc(F)cc1F)c1cc(NC(=O)[C@H]2[C@@H](c3cc(Cl)c(F)c(Cl)c3)C2(Cl)Cl)ccc1Cl. The van der Waals surface area contributed by atoms with E-state index in [4.69, 9.17) is 58.0 Å². The second-order valence-electron chi connectivity index (χ2n) is 7.69. The Balaban J connectivity index is 1.52. The van der Waals surface area contributed by atoms with Crippen LogP contribution in [0.3, 0.4) is 0 Å². The van der Waals surface area contributed by atoms with Gasteiger partial charge in [0.25, 0.3) is 5.91 Å². The van der Waals surface area contributed by atoms with Gasteiger partial charge in [-0.3, -0.25) is 9.59 Å². The van der Waals surface area contributed by atoms with Crippen LogP contribution in [0.4, 0.5) is 24.5 Å². The largest absolute Gasteiger partial charge is 0.326 e. The van der Waals surface area contributed by atoms with Gasteiger partial charge < -0.3 is 10.6 Å². The molecule has 0 aliphatic heterocycles. The maximum absolute atomic E-state index is 13.9. The minimum absolute atomic E-state index is 0.0203. The summed E-state index contributed by atoms with van der Waals surface area (Å²) in [5.41, 5.74) is 0.215. The molecular weight excluding hydrogens is 571 g/mol. The monoisotopic (exact) mass is 580 g/mol. The molecule has 2 atom stereocenters. The van der Waals surface area contributed by atoms with Crippen molar-refractivity contribution in [2.24, 2.45) is 5.92 Å². The van der Waals surface area contributed by atoms with Crippen molar-refractivity contribution in [1.29, 1.82) is 0 Å². The minimum atomic E-state index is -1.51. The Morgan fingerprint density at radius 2 is 1.49 bits per heavy atom. The van der Waals surface area contributed by atoms with Gasteiger partial charge in [0, 0.05) is 17.7 Å². The average molecular weight is 583 g/mol. The summed E-state index contributed by atoms with van der Waals surface area (Å²) in [4.78, 5) is 25.5. The molecule has 1 saturated carbocycles. The van der Waals surface area contributed by atoms with E-state index < -0.39 is 45.4 Å². The van der Waals surface area contributed by atoms with Crippen LogP contribution in [0.2, 0.25) is 15.1 Å². The third-order valence-electron chi connectivity index (χ3n) is 5.36. The van der Waals surface area contributed by atoms with Gasteiger partial charge in [0.15, 0.2) is 5.82 Å². The van der Waals surface area contributed by atoms with Gasteiger partial charge in [0.05, 0.1) is 32.2 Å². The Hall–Kier alpha value is -2.16. The van der Waals surface area contributed by atoms with Crippen LogP contribution in [0.5, 0.6) is 0 Å². The first-order valence-electron chi connectivity index (χ1n) is 9.79. The van der Waals surface area contributed by atoms with Crippen molar-refractivity contribution < 1.29 is 22.8 Å². The highest BCUT2D eigenvalue weighted by Crippen LogP contribution is 2.65. The third kappa shape index (κ3) is 5.20. The molecule has 0 unspecified atom stereocenters. The molecule has 1 aliphatic carbocycles. The van der Waals surface area contributed by atoms with Crippen molar-refractivity contribution in [2.45, 2.75) is 10.3 Å². The molecule has 0 aromatic heterocycles. The van der Waals surface area contributed by atoms with Crippen LogP contribution in [-0.4, -0.2) is 16.1 Å². The molecule has 0 heterocycles. The van der Waals surface area contributed by atoms with Crippen molar-refractivity contribution >= 4 is 81.2 Å². The van der Waals surface area contributed by atoms with Crippen LogP contribution in [0.15, 0.2) is 48.5 Å². The fourth-order valence-corrected chi connectivity index (χ4v) is 5.14. The summed E-state index contributed by atoms with van der Waals surface area (Å²) >= 11 is 30.4. The number of alkyl halides is 2. The molecule has 0 saturated heterocycles. The van der Waals surface area contributed by atoms with Gasteiger partial charge in [0.1, 0.15) is 16.0 Å². The van der Waals surface area contributed by atoms with Crippen molar-refractivity contribution in [3.05, 3.63) is 92.2 Å². The predicted molar refractivity (Wildman–Crippen MR) is 131 cm³/mol. The highest BCUT2D eigenvalue weighted by molar-refractivity contribution is 6.53. The fourth-order valence-electron chi connectivity index (χ4n) is 3.60. The summed E-state index contributed by atoms with van der Waals surface area (Å²) in [5, 5.41) is 4.42. The highest BCUT2D eigenvalue weighted by Gasteiger charge is 2.67. The Labute approximate surface area is 222 Å². The van der Waals surface area contributed by atoms with Gasteiger partial charge in [-0.1, -0.05) is 34.8 Å². The maximum atomic E-state index is 13.9. The van der Waals surface area contributed by atoms with E-state index in [1.54, 1.807) is 0 Å². The summed E-state index contributed by atoms with van der Waals surface area (Å²) in [6, 6.07) is 9.29. The van der Waals surface area contributed by atoms with Crippen LogP contribution < -0.4 is 10.6 Å². The van der Waals surface area contributed by atoms with Gasteiger partial charge in [-0.25, -0.2) is 13.2 Å². The second kappa shape index (κ2) is 9.71. The number of halogens is 8. The zero-order valence-corrected chi connectivity index (χ0v) is 20.9. The van der Waals surface area contributed by atoms with E-state index in [2.05, 4.69) is 10.6 Å². The molecule has 0 bridgehead atoms. The van der Waals surface area contributed by atoms with E-state index in [0.29, 0.717) is 11.6 Å². The van der Waals surface area contributed by atoms with Crippen LogP contribution in [0.1, 0.15) is 21.8 Å². The molecule has 12 heteroatoms. The Kier molecular flexibility index (Phi) is 7.19. The van der Waals surface area contributed by atoms with Crippen LogP contribution in [0.25, 0.3) is 0 Å². The molecule has 2 N–H and O–H groups in total. The first kappa shape index (κ1) is 25.9. The lowest BCUT2D eigenvalue weighted by atomic mass is 10.1. The van der Waals surface area contributed by atoms with Gasteiger partial charge in [-0.2, -0.15) is 0 Å². The third-order valence-corrected chi connectivity index (χ3v) is 7.18. The average Bonchev–Trinajstić information content (AvgIpc) is 3.37. The quantitative estimate of drug-likeness (QED) is 0.238. The summed E-state index contributed by atoms with van der Waals surface area (Å²) in [6.07, 6.45) is 0. The molecule has 1 aliphatic rings. The topological polar surface area (TPSA) is 58.2 Å². The molecule has 4 nitrogen and oxygen atoms in total. The van der Waals surface area contributed by atoms with E-state index in [0.717, 1.165) is 12.1 Å². The molecule has 4 rings (SSSR count). The molecule has 3 aromatic rings. The summed E-state index contributed by atoms with van der Waals surface area (Å²) in [5.74, 6) is -5.62. The lowest BCUT2D eigenvalue weighted by Crippen LogP contribution is -2.18. The molecule has 35 heavy (non-hydrogen) atoms. The van der Waals surface area contributed by atoms with E-state index in [1.165, 1.54) is 30.3 Å². The van der Waals surface area contributed by atoms with Crippen molar-refractivity contribution in [1.82, 2.24) is 0 Å². The number of anilines is 2. The zero-order chi connectivity index (χ0) is 25.7. The Morgan fingerprint density at radius 1 is 0.829 bits per heavy atom. The van der Waals surface area contributed by atoms with Crippen molar-refractivity contribution in [2.75, 3.05) is 10.6 Å². The lowest BCUT2D eigenvalue weighted by molar-refractivity contribution is -0.117. The molecule has 3 aromatic carbocycles. The molecular formula is C23H12Cl5F3N2O2. The number of carbonyl (C=O) groups is 2. The Bertz CT molecular complexity index is 1350. The normalized spacial score (nSPS) is 18.2. The van der Waals surface area contributed by atoms with E-state index in [-0.39, 0.29) is 32.0 Å². The van der Waals surface area contributed by atoms with Gasteiger partial charge >= 0.3 is 0 Å². The molecule has 1 fully saturated rings. The van der Waals surface area contributed by atoms with Crippen molar-refractivity contribution in [3.8, 4) is 0 Å². The number of amides is 2. The maximum Gasteiger partial charge on any atom is 0.257 e. The molecule has 2 amide bonds. The molecule has 0 radical (unpaired) electrons. The van der Waals surface area contributed by atoms with E-state index in [9.17, 15) is 22.8 Å². The van der Waals surface area contributed by atoms with Crippen LogP contribution >= 0.6 is 58.0 Å². The molecule has 182 valence electrons. The van der Waals surface area contributed by atoms with Gasteiger partial charge in [0.2, 0.25) is 5.91 Å². The minimum Gasteiger partial charge on any atom is -0.326 e. The summed E-state index contributed by atoms with van der Waals surface area (Å²) in [7, 11) is 0. The number of benzene rings is 3. The summed E-state index contributed by atoms with van der Waals surface area (Å²) < 4.78 is 39.2. The number of rotatable bonds is 5.